The first-order valence-electron chi connectivity index (χ1n) is 7.62. The van der Waals surface area contributed by atoms with Crippen LogP contribution < -0.4 is 10.0 Å². The first-order valence-corrected chi connectivity index (χ1v) is 11.0. The zero-order chi connectivity index (χ0) is 17.8. The molecule has 1 aliphatic heterocycles. The fraction of sp³-hybridized carbons (Fsp3) is 0.571. The van der Waals surface area contributed by atoms with Crippen LogP contribution in [0, 0.1) is 5.82 Å². The molecule has 0 saturated carbocycles. The standard InChI is InChI=1S/C14H22FN3O4S2/c1-23(19,20)14-4-3-12(11-13(14)15)24(21,22)17-5-2-8-18-9-6-16-7-10-18/h3-4,11,16-17H,2,5-10H2,1H3. The first-order chi connectivity index (χ1) is 11.2. The molecular weight excluding hydrogens is 357 g/mol. The highest BCUT2D eigenvalue weighted by Crippen LogP contribution is 2.18. The van der Waals surface area contributed by atoms with Gasteiger partial charge in [-0.25, -0.2) is 25.9 Å². The Morgan fingerprint density at radius 1 is 1.21 bits per heavy atom. The molecule has 7 nitrogen and oxygen atoms in total. The highest BCUT2D eigenvalue weighted by Gasteiger charge is 2.19. The molecule has 1 aromatic rings. The maximum absolute atomic E-state index is 13.8. The lowest BCUT2D eigenvalue weighted by molar-refractivity contribution is 0.239. The van der Waals surface area contributed by atoms with Crippen LogP contribution in [0.15, 0.2) is 28.0 Å². The quantitative estimate of drug-likeness (QED) is 0.637. The molecule has 1 saturated heterocycles. The average molecular weight is 379 g/mol. The van der Waals surface area contributed by atoms with Crippen LogP contribution in [0.1, 0.15) is 6.42 Å². The Labute approximate surface area is 142 Å². The number of nitrogens with zero attached hydrogens (tertiary/aromatic N) is 1. The van der Waals surface area contributed by atoms with Crippen LogP contribution in [0.3, 0.4) is 0 Å². The zero-order valence-corrected chi connectivity index (χ0v) is 15.1. The van der Waals surface area contributed by atoms with Crippen molar-refractivity contribution in [2.75, 3.05) is 45.5 Å². The van der Waals surface area contributed by atoms with E-state index in [1.54, 1.807) is 0 Å². The molecule has 1 heterocycles. The molecule has 0 bridgehead atoms. The van der Waals surface area contributed by atoms with Crippen molar-refractivity contribution in [1.29, 1.82) is 0 Å². The highest BCUT2D eigenvalue weighted by molar-refractivity contribution is 7.90. The fourth-order valence-electron chi connectivity index (χ4n) is 2.48. The van der Waals surface area contributed by atoms with Crippen molar-refractivity contribution in [3.8, 4) is 0 Å². The van der Waals surface area contributed by atoms with Gasteiger partial charge in [-0.3, -0.25) is 0 Å². The maximum Gasteiger partial charge on any atom is 0.240 e. The van der Waals surface area contributed by atoms with Crippen LogP contribution in [-0.2, 0) is 19.9 Å². The Kier molecular flexibility index (Phi) is 6.32. The smallest absolute Gasteiger partial charge is 0.240 e. The molecular formula is C14H22FN3O4S2. The molecule has 0 radical (unpaired) electrons. The summed E-state index contributed by atoms with van der Waals surface area (Å²) >= 11 is 0. The van der Waals surface area contributed by atoms with Crippen LogP contribution >= 0.6 is 0 Å². The van der Waals surface area contributed by atoms with E-state index in [1.807, 2.05) is 0 Å². The van der Waals surface area contributed by atoms with Crippen LogP contribution in [0.25, 0.3) is 0 Å². The van der Waals surface area contributed by atoms with Crippen molar-refractivity contribution in [2.24, 2.45) is 0 Å². The van der Waals surface area contributed by atoms with Crippen LogP contribution in [-0.4, -0.2) is 67.3 Å². The molecule has 1 fully saturated rings. The maximum atomic E-state index is 13.8. The summed E-state index contributed by atoms with van der Waals surface area (Å²) in [4.78, 5) is 1.44. The highest BCUT2D eigenvalue weighted by atomic mass is 32.2. The minimum Gasteiger partial charge on any atom is -0.314 e. The Morgan fingerprint density at radius 2 is 1.88 bits per heavy atom. The average Bonchev–Trinajstić information content (AvgIpc) is 2.51. The third-order valence-electron chi connectivity index (χ3n) is 3.77. The molecule has 24 heavy (non-hydrogen) atoms. The van der Waals surface area contributed by atoms with Crippen molar-refractivity contribution in [2.45, 2.75) is 16.2 Å². The van der Waals surface area contributed by atoms with E-state index in [2.05, 4.69) is 14.9 Å². The van der Waals surface area contributed by atoms with Crippen molar-refractivity contribution in [3.05, 3.63) is 24.0 Å². The lowest BCUT2D eigenvalue weighted by atomic mass is 10.3. The summed E-state index contributed by atoms with van der Waals surface area (Å²) in [5.41, 5.74) is 0. The minimum atomic E-state index is -3.86. The number of sulfonamides is 1. The van der Waals surface area contributed by atoms with Crippen LogP contribution in [0.4, 0.5) is 4.39 Å². The monoisotopic (exact) mass is 379 g/mol. The predicted molar refractivity (Wildman–Crippen MR) is 88.6 cm³/mol. The summed E-state index contributed by atoms with van der Waals surface area (Å²) in [7, 11) is -7.59. The van der Waals surface area contributed by atoms with Gasteiger partial charge in [0.2, 0.25) is 10.0 Å². The van der Waals surface area contributed by atoms with Crippen molar-refractivity contribution in [3.63, 3.8) is 0 Å². The number of piperazine rings is 1. The van der Waals surface area contributed by atoms with E-state index in [0.29, 0.717) is 6.42 Å². The van der Waals surface area contributed by atoms with Gasteiger partial charge in [0.15, 0.2) is 9.84 Å². The first kappa shape index (κ1) is 19.3. The minimum absolute atomic E-state index is 0.238. The SMILES string of the molecule is CS(=O)(=O)c1ccc(S(=O)(=O)NCCCN2CCNCC2)cc1F. The molecule has 136 valence electrons. The number of hydrogen-bond acceptors (Lipinski definition) is 6. The summed E-state index contributed by atoms with van der Waals surface area (Å²) in [6.07, 6.45) is 1.51. The zero-order valence-electron chi connectivity index (χ0n) is 13.5. The Balaban J connectivity index is 1.93. The van der Waals surface area contributed by atoms with Gasteiger partial charge in [0.25, 0.3) is 0 Å². The lowest BCUT2D eigenvalue weighted by Crippen LogP contribution is -2.44. The van der Waals surface area contributed by atoms with E-state index in [1.165, 1.54) is 0 Å². The number of hydrogen-bond donors (Lipinski definition) is 2. The molecule has 0 amide bonds. The number of sulfone groups is 1. The van der Waals surface area contributed by atoms with Gasteiger partial charge in [0.05, 0.1) is 4.90 Å². The summed E-state index contributed by atoms with van der Waals surface area (Å²) < 4.78 is 63.3. The van der Waals surface area contributed by atoms with Crippen molar-refractivity contribution in [1.82, 2.24) is 14.9 Å². The van der Waals surface area contributed by atoms with Gasteiger partial charge in [-0.1, -0.05) is 0 Å². The topological polar surface area (TPSA) is 95.6 Å². The van der Waals surface area contributed by atoms with E-state index in [0.717, 1.165) is 57.2 Å². The molecule has 10 heteroatoms. The largest absolute Gasteiger partial charge is 0.314 e. The Morgan fingerprint density at radius 3 is 2.46 bits per heavy atom. The van der Waals surface area contributed by atoms with E-state index < -0.39 is 30.6 Å². The molecule has 1 aliphatic rings. The number of rotatable bonds is 7. The van der Waals surface area contributed by atoms with Gasteiger partial charge >= 0.3 is 0 Å². The summed E-state index contributed by atoms with van der Waals surface area (Å²) in [6.45, 7) is 4.75. The fourth-order valence-corrected chi connectivity index (χ4v) is 4.29. The van der Waals surface area contributed by atoms with E-state index >= 15 is 0 Å². The molecule has 0 aromatic heterocycles. The summed E-state index contributed by atoms with van der Waals surface area (Å²) in [5.74, 6) is -1.07. The number of nitrogens with one attached hydrogen (secondary N) is 2. The second kappa shape index (κ2) is 7.87. The molecule has 0 atom stereocenters. The third-order valence-corrected chi connectivity index (χ3v) is 6.35. The van der Waals surface area contributed by atoms with Gasteiger partial charge in [-0.2, -0.15) is 0 Å². The number of benzene rings is 1. The van der Waals surface area contributed by atoms with Crippen molar-refractivity contribution < 1.29 is 21.2 Å². The molecule has 1 aromatic carbocycles. The molecule has 0 spiro atoms. The molecule has 2 rings (SSSR count). The third kappa shape index (κ3) is 5.21. The van der Waals surface area contributed by atoms with E-state index in [9.17, 15) is 21.2 Å². The van der Waals surface area contributed by atoms with Gasteiger partial charge in [-0.05, 0) is 31.2 Å². The normalized spacial score (nSPS) is 17.1. The second-order valence-electron chi connectivity index (χ2n) is 5.71. The van der Waals surface area contributed by atoms with Gasteiger partial charge in [0.1, 0.15) is 10.7 Å². The Bertz CT molecular complexity index is 775. The van der Waals surface area contributed by atoms with Gasteiger partial charge in [-0.15, -0.1) is 0 Å². The Hall–Kier alpha value is -1.07. The summed E-state index contributed by atoms with van der Waals surface area (Å²) in [6, 6.07) is 2.80. The molecule has 2 N–H and O–H groups in total. The van der Waals surface area contributed by atoms with E-state index in [4.69, 9.17) is 0 Å². The van der Waals surface area contributed by atoms with Gasteiger partial charge in [0, 0.05) is 39.0 Å². The summed E-state index contributed by atoms with van der Waals surface area (Å²) in [5, 5.41) is 3.24. The van der Waals surface area contributed by atoms with Gasteiger partial charge < -0.3 is 10.2 Å². The van der Waals surface area contributed by atoms with Crippen LogP contribution in [0.2, 0.25) is 0 Å². The predicted octanol–water partition coefficient (Wildman–Crippen LogP) is -0.197. The van der Waals surface area contributed by atoms with E-state index in [-0.39, 0.29) is 11.4 Å². The number of halogens is 1. The molecule has 0 aliphatic carbocycles. The van der Waals surface area contributed by atoms with Crippen LogP contribution in [0.5, 0.6) is 0 Å². The lowest BCUT2D eigenvalue weighted by Gasteiger charge is -2.27. The van der Waals surface area contributed by atoms with Crippen molar-refractivity contribution >= 4 is 19.9 Å². The second-order valence-corrected chi connectivity index (χ2v) is 9.46. The molecule has 0 unspecified atom stereocenters.